The first-order chi connectivity index (χ1) is 10.2. The van der Waals surface area contributed by atoms with Crippen LogP contribution >= 0.6 is 11.8 Å². The lowest BCUT2D eigenvalue weighted by Crippen LogP contribution is -2.14. The highest BCUT2D eigenvalue weighted by Crippen LogP contribution is 2.39. The van der Waals surface area contributed by atoms with Crippen molar-refractivity contribution in [3.63, 3.8) is 0 Å². The second kappa shape index (κ2) is 7.59. The molecule has 0 aromatic heterocycles. The van der Waals surface area contributed by atoms with Gasteiger partial charge in [-0.3, -0.25) is 4.79 Å². The van der Waals surface area contributed by atoms with Crippen LogP contribution in [-0.2, 0) is 0 Å². The second-order valence-electron chi connectivity index (χ2n) is 5.10. The maximum absolute atomic E-state index is 12.5. The summed E-state index contributed by atoms with van der Waals surface area (Å²) in [6, 6.07) is 3.47. The average Bonchev–Trinajstić information content (AvgIpc) is 2.54. The van der Waals surface area contributed by atoms with Gasteiger partial charge in [0.15, 0.2) is 17.3 Å². The van der Waals surface area contributed by atoms with Crippen molar-refractivity contribution in [2.24, 2.45) is 5.92 Å². The summed E-state index contributed by atoms with van der Waals surface area (Å²) in [7, 11) is 4.68. The molecular formula is C16H22O4S. The van der Waals surface area contributed by atoms with E-state index >= 15 is 0 Å². The zero-order chi connectivity index (χ0) is 15.2. The van der Waals surface area contributed by atoms with Crippen LogP contribution in [0.25, 0.3) is 0 Å². The number of Topliss-reactive ketones (excluding diaryl/α,β-unsaturated/α-hetero) is 1. The van der Waals surface area contributed by atoms with Crippen molar-refractivity contribution >= 4 is 17.5 Å². The minimum absolute atomic E-state index is 0.145. The Morgan fingerprint density at radius 3 is 2.14 bits per heavy atom. The normalized spacial score (nSPS) is 15.6. The molecule has 1 aliphatic heterocycles. The quantitative estimate of drug-likeness (QED) is 0.753. The number of ketones is 1. The van der Waals surface area contributed by atoms with Gasteiger partial charge < -0.3 is 14.2 Å². The Morgan fingerprint density at radius 2 is 1.67 bits per heavy atom. The van der Waals surface area contributed by atoms with Crippen molar-refractivity contribution in [1.29, 1.82) is 0 Å². The van der Waals surface area contributed by atoms with Gasteiger partial charge in [-0.15, -0.1) is 0 Å². The van der Waals surface area contributed by atoms with Crippen LogP contribution in [0.3, 0.4) is 0 Å². The molecule has 0 unspecified atom stereocenters. The van der Waals surface area contributed by atoms with Crippen LogP contribution in [0.2, 0.25) is 0 Å². The van der Waals surface area contributed by atoms with Crippen LogP contribution in [0.15, 0.2) is 12.1 Å². The molecule has 116 valence electrons. The smallest absolute Gasteiger partial charge is 0.203 e. The molecule has 0 radical (unpaired) electrons. The van der Waals surface area contributed by atoms with Crippen molar-refractivity contribution in [1.82, 2.24) is 0 Å². The number of hydrogen-bond donors (Lipinski definition) is 0. The molecule has 4 nitrogen and oxygen atoms in total. The van der Waals surface area contributed by atoms with Crippen LogP contribution in [0.1, 0.15) is 29.6 Å². The Bertz CT molecular complexity index is 470. The lowest BCUT2D eigenvalue weighted by atomic mass is 9.93. The van der Waals surface area contributed by atoms with E-state index in [9.17, 15) is 4.79 Å². The molecule has 1 aliphatic rings. The van der Waals surface area contributed by atoms with E-state index in [-0.39, 0.29) is 5.78 Å². The summed E-state index contributed by atoms with van der Waals surface area (Å²) in [5, 5.41) is 0. The molecule has 1 aromatic carbocycles. The number of carbonyl (C=O) groups is 1. The summed E-state index contributed by atoms with van der Waals surface area (Å²) < 4.78 is 15.9. The maximum atomic E-state index is 12.5. The van der Waals surface area contributed by atoms with Crippen LogP contribution in [0, 0.1) is 5.92 Å². The third-order valence-electron chi connectivity index (χ3n) is 3.80. The standard InChI is InChI=1S/C16H22O4S/c1-18-14-9-12(10-15(19-2)16(14)20-3)13(17)8-11-4-6-21-7-5-11/h9-11H,4-8H2,1-3H3. The first kappa shape index (κ1) is 16.0. The number of ether oxygens (including phenoxy) is 3. The van der Waals surface area contributed by atoms with Gasteiger partial charge in [0, 0.05) is 12.0 Å². The molecule has 1 fully saturated rings. The van der Waals surface area contributed by atoms with E-state index in [0.29, 0.717) is 35.2 Å². The highest BCUT2D eigenvalue weighted by Gasteiger charge is 2.21. The first-order valence-electron chi connectivity index (χ1n) is 7.10. The average molecular weight is 310 g/mol. The summed E-state index contributed by atoms with van der Waals surface area (Å²) in [4.78, 5) is 12.5. The van der Waals surface area contributed by atoms with Gasteiger partial charge in [0.25, 0.3) is 0 Å². The monoisotopic (exact) mass is 310 g/mol. The van der Waals surface area contributed by atoms with Gasteiger partial charge in [-0.25, -0.2) is 0 Å². The molecule has 0 saturated carbocycles. The number of hydrogen-bond acceptors (Lipinski definition) is 5. The van der Waals surface area contributed by atoms with E-state index in [2.05, 4.69) is 0 Å². The lowest BCUT2D eigenvalue weighted by molar-refractivity contribution is 0.0958. The van der Waals surface area contributed by atoms with Gasteiger partial charge in [0.05, 0.1) is 21.3 Å². The Morgan fingerprint density at radius 1 is 1.10 bits per heavy atom. The van der Waals surface area contributed by atoms with Crippen molar-refractivity contribution in [2.75, 3.05) is 32.8 Å². The topological polar surface area (TPSA) is 44.8 Å². The highest BCUT2D eigenvalue weighted by molar-refractivity contribution is 7.99. The molecule has 1 aromatic rings. The fraction of sp³-hybridized carbons (Fsp3) is 0.562. The zero-order valence-electron chi connectivity index (χ0n) is 12.8. The summed E-state index contributed by atoms with van der Waals surface area (Å²) >= 11 is 1.97. The van der Waals surface area contributed by atoms with Gasteiger partial charge in [-0.1, -0.05) is 0 Å². The van der Waals surface area contributed by atoms with Gasteiger partial charge in [0.2, 0.25) is 5.75 Å². The lowest BCUT2D eigenvalue weighted by Gasteiger charge is -2.21. The third kappa shape index (κ3) is 3.84. The van der Waals surface area contributed by atoms with Gasteiger partial charge in [0.1, 0.15) is 0 Å². The largest absolute Gasteiger partial charge is 0.493 e. The second-order valence-corrected chi connectivity index (χ2v) is 6.32. The summed E-state index contributed by atoms with van der Waals surface area (Å²) in [6.45, 7) is 0. The van der Waals surface area contributed by atoms with Crippen LogP contribution in [-0.4, -0.2) is 38.6 Å². The Labute approximate surface area is 130 Å². The number of methoxy groups -OCH3 is 3. The van der Waals surface area contributed by atoms with Crippen LogP contribution < -0.4 is 14.2 Å². The Balaban J connectivity index is 2.19. The predicted octanol–water partition coefficient (Wildman–Crippen LogP) is 3.43. The molecule has 1 heterocycles. The van der Waals surface area contributed by atoms with Crippen LogP contribution in [0.4, 0.5) is 0 Å². The summed E-state index contributed by atoms with van der Waals surface area (Å²) in [5.41, 5.74) is 0.628. The fourth-order valence-electron chi connectivity index (χ4n) is 2.57. The molecule has 21 heavy (non-hydrogen) atoms. The SMILES string of the molecule is COc1cc(C(=O)CC2CCSCC2)cc(OC)c1OC. The minimum atomic E-state index is 0.145. The molecule has 0 spiro atoms. The van der Waals surface area contributed by atoms with Crippen molar-refractivity contribution in [3.8, 4) is 17.2 Å². The van der Waals surface area contributed by atoms with Gasteiger partial charge >= 0.3 is 0 Å². The Kier molecular flexibility index (Phi) is 5.79. The van der Waals surface area contributed by atoms with E-state index in [1.165, 1.54) is 0 Å². The van der Waals surface area contributed by atoms with E-state index in [1.807, 2.05) is 11.8 Å². The molecule has 0 atom stereocenters. The number of carbonyl (C=O) groups excluding carboxylic acids is 1. The van der Waals surface area contributed by atoms with Gasteiger partial charge in [-0.05, 0) is 42.4 Å². The molecular weight excluding hydrogens is 288 g/mol. The molecule has 5 heteroatoms. The molecule has 0 aliphatic carbocycles. The van der Waals surface area contributed by atoms with E-state index in [4.69, 9.17) is 14.2 Å². The fourth-order valence-corrected chi connectivity index (χ4v) is 3.78. The summed E-state index contributed by atoms with van der Waals surface area (Å²) in [6.07, 6.45) is 2.85. The number of benzene rings is 1. The maximum Gasteiger partial charge on any atom is 0.203 e. The summed E-state index contributed by atoms with van der Waals surface area (Å²) in [5.74, 6) is 4.54. The van der Waals surface area contributed by atoms with Crippen molar-refractivity contribution in [3.05, 3.63) is 17.7 Å². The zero-order valence-corrected chi connectivity index (χ0v) is 13.6. The van der Waals surface area contributed by atoms with Crippen molar-refractivity contribution < 1.29 is 19.0 Å². The molecule has 1 saturated heterocycles. The van der Waals surface area contributed by atoms with Crippen LogP contribution in [0.5, 0.6) is 17.2 Å². The number of thioether (sulfide) groups is 1. The number of rotatable bonds is 6. The minimum Gasteiger partial charge on any atom is -0.493 e. The molecule has 2 rings (SSSR count). The predicted molar refractivity (Wildman–Crippen MR) is 85.1 cm³/mol. The van der Waals surface area contributed by atoms with E-state index in [0.717, 1.165) is 24.3 Å². The first-order valence-corrected chi connectivity index (χ1v) is 8.26. The van der Waals surface area contributed by atoms with E-state index in [1.54, 1.807) is 33.5 Å². The molecule has 0 bridgehead atoms. The molecule has 0 N–H and O–H groups in total. The van der Waals surface area contributed by atoms with Crippen molar-refractivity contribution in [2.45, 2.75) is 19.3 Å². The van der Waals surface area contributed by atoms with Gasteiger partial charge in [-0.2, -0.15) is 11.8 Å². The van der Waals surface area contributed by atoms with E-state index < -0.39 is 0 Å². The molecule has 0 amide bonds. The highest BCUT2D eigenvalue weighted by atomic mass is 32.2. The Hall–Kier alpha value is -1.36. The third-order valence-corrected chi connectivity index (χ3v) is 4.85.